The minimum atomic E-state index is 0.710. The quantitative estimate of drug-likeness (QED) is 0.592. The number of aryl methyl sites for hydroxylation is 2. The number of methoxy groups -OCH3 is 1. The Bertz CT molecular complexity index is 866. The lowest BCUT2D eigenvalue weighted by atomic mass is 10.2. The Morgan fingerprint density at radius 3 is 2.61 bits per heavy atom. The number of hydrazone groups is 1. The molecule has 0 aliphatic rings. The van der Waals surface area contributed by atoms with E-state index in [1.165, 1.54) is 0 Å². The van der Waals surface area contributed by atoms with Gasteiger partial charge in [-0.2, -0.15) is 10.2 Å². The van der Waals surface area contributed by atoms with Crippen molar-refractivity contribution in [3.05, 3.63) is 47.4 Å². The van der Waals surface area contributed by atoms with Crippen molar-refractivity contribution in [2.45, 2.75) is 20.8 Å². The van der Waals surface area contributed by atoms with Crippen molar-refractivity contribution in [3.63, 3.8) is 0 Å². The van der Waals surface area contributed by atoms with Crippen LogP contribution in [0.25, 0.3) is 5.65 Å². The van der Waals surface area contributed by atoms with Gasteiger partial charge in [-0.3, -0.25) is 5.43 Å². The third kappa shape index (κ3) is 2.98. The molecule has 0 saturated heterocycles. The molecule has 23 heavy (non-hydrogen) atoms. The second-order valence-corrected chi connectivity index (χ2v) is 5.23. The topological polar surface area (TPSA) is 76.7 Å². The first-order chi connectivity index (χ1) is 11.1. The Morgan fingerprint density at radius 2 is 1.91 bits per heavy atom. The Hall–Kier alpha value is -2.96. The van der Waals surface area contributed by atoms with Gasteiger partial charge in [0.05, 0.1) is 29.9 Å². The maximum Gasteiger partial charge on any atom is 0.177 e. The molecule has 0 unspecified atom stereocenters. The summed E-state index contributed by atoms with van der Waals surface area (Å²) >= 11 is 0. The summed E-state index contributed by atoms with van der Waals surface area (Å²) in [5.41, 5.74) is 7.87. The maximum absolute atomic E-state index is 5.13. The number of fused-ring (bicyclic) bond motifs is 1. The van der Waals surface area contributed by atoms with Crippen LogP contribution in [-0.4, -0.2) is 32.6 Å². The molecule has 3 rings (SSSR count). The molecule has 0 atom stereocenters. The lowest BCUT2D eigenvalue weighted by Crippen LogP contribution is -2.11. The molecule has 2 heterocycles. The van der Waals surface area contributed by atoms with E-state index >= 15 is 0 Å². The van der Waals surface area contributed by atoms with Crippen molar-refractivity contribution in [1.29, 1.82) is 0 Å². The normalized spacial score (nSPS) is 11.7. The predicted octanol–water partition coefficient (Wildman–Crippen LogP) is 2.59. The Balaban J connectivity index is 1.86. The van der Waals surface area contributed by atoms with Crippen LogP contribution in [0.2, 0.25) is 0 Å². The molecule has 7 heteroatoms. The van der Waals surface area contributed by atoms with Gasteiger partial charge in [-0.05, 0) is 45.0 Å². The fourth-order valence-corrected chi connectivity index (χ4v) is 2.28. The highest BCUT2D eigenvalue weighted by Gasteiger charge is 2.11. The van der Waals surface area contributed by atoms with E-state index in [2.05, 4.69) is 25.8 Å². The van der Waals surface area contributed by atoms with E-state index in [-0.39, 0.29) is 0 Å². The van der Waals surface area contributed by atoms with Crippen LogP contribution in [0, 0.1) is 13.8 Å². The van der Waals surface area contributed by atoms with Gasteiger partial charge in [0.15, 0.2) is 5.65 Å². The van der Waals surface area contributed by atoms with Crippen molar-refractivity contribution in [2.24, 2.45) is 5.10 Å². The van der Waals surface area contributed by atoms with Crippen LogP contribution in [0.4, 0.5) is 5.69 Å². The van der Waals surface area contributed by atoms with Gasteiger partial charge in [-0.25, -0.2) is 4.52 Å². The molecule has 0 amide bonds. The zero-order chi connectivity index (χ0) is 16.4. The zero-order valence-corrected chi connectivity index (χ0v) is 13.5. The van der Waals surface area contributed by atoms with Gasteiger partial charge in [0.2, 0.25) is 0 Å². The van der Waals surface area contributed by atoms with E-state index in [0.29, 0.717) is 5.69 Å². The lowest BCUT2D eigenvalue weighted by molar-refractivity contribution is 0.415. The van der Waals surface area contributed by atoms with Gasteiger partial charge in [0.1, 0.15) is 11.4 Å². The summed E-state index contributed by atoms with van der Waals surface area (Å²) in [7, 11) is 1.64. The molecule has 1 N–H and O–H groups in total. The second kappa shape index (κ2) is 6.04. The molecule has 0 spiro atoms. The zero-order valence-electron chi connectivity index (χ0n) is 13.5. The number of hydrogen-bond acceptors (Lipinski definition) is 6. The number of nitrogens with one attached hydrogen (secondary N) is 1. The van der Waals surface area contributed by atoms with Gasteiger partial charge >= 0.3 is 0 Å². The first-order valence-corrected chi connectivity index (χ1v) is 7.23. The number of hydrogen-bond donors (Lipinski definition) is 1. The minimum absolute atomic E-state index is 0.710. The van der Waals surface area contributed by atoms with Gasteiger partial charge in [0.25, 0.3) is 0 Å². The van der Waals surface area contributed by atoms with Gasteiger partial charge in [-0.15, -0.1) is 10.2 Å². The van der Waals surface area contributed by atoms with Crippen LogP contribution in [0.3, 0.4) is 0 Å². The summed E-state index contributed by atoms with van der Waals surface area (Å²) < 4.78 is 6.91. The smallest absolute Gasteiger partial charge is 0.177 e. The maximum atomic E-state index is 5.13. The summed E-state index contributed by atoms with van der Waals surface area (Å²) in [5.74, 6) is 0.803. The lowest BCUT2D eigenvalue weighted by Gasteiger charge is -2.07. The minimum Gasteiger partial charge on any atom is -0.497 e. The molecule has 118 valence electrons. The molecule has 0 saturated carbocycles. The number of nitrogens with zero attached hydrogens (tertiary/aromatic N) is 5. The summed E-state index contributed by atoms with van der Waals surface area (Å²) in [6.07, 6.45) is 0. The van der Waals surface area contributed by atoms with E-state index in [1.807, 2.05) is 51.1 Å². The van der Waals surface area contributed by atoms with E-state index in [4.69, 9.17) is 4.74 Å². The standard InChI is InChI=1S/C16H18N6O/c1-10-9-15-19-20-16(12(3)22(15)21-10)11(2)17-18-13-5-7-14(23-4)8-6-13/h5-9,18H,1-4H3/b17-11+. The highest BCUT2D eigenvalue weighted by molar-refractivity contribution is 5.98. The van der Waals surface area contributed by atoms with Gasteiger partial charge in [0, 0.05) is 6.07 Å². The number of rotatable bonds is 4. The molecule has 3 aromatic rings. The van der Waals surface area contributed by atoms with E-state index < -0.39 is 0 Å². The van der Waals surface area contributed by atoms with Crippen LogP contribution < -0.4 is 10.2 Å². The highest BCUT2D eigenvalue weighted by atomic mass is 16.5. The highest BCUT2D eigenvalue weighted by Crippen LogP contribution is 2.15. The van der Waals surface area contributed by atoms with Crippen molar-refractivity contribution in [3.8, 4) is 5.75 Å². The molecule has 0 aliphatic heterocycles. The summed E-state index contributed by atoms with van der Waals surface area (Å²) in [4.78, 5) is 0. The summed E-state index contributed by atoms with van der Waals surface area (Å²) in [5, 5.41) is 17.2. The van der Waals surface area contributed by atoms with Crippen molar-refractivity contribution in [2.75, 3.05) is 12.5 Å². The first kappa shape index (κ1) is 15.0. The fourth-order valence-electron chi connectivity index (χ4n) is 2.28. The SMILES string of the molecule is COc1ccc(N/N=C(\C)c2nnc3cc(C)nn3c2C)cc1. The Kier molecular flexibility index (Phi) is 3.92. The Morgan fingerprint density at radius 1 is 1.17 bits per heavy atom. The monoisotopic (exact) mass is 310 g/mol. The summed E-state index contributed by atoms with van der Waals surface area (Å²) in [6, 6.07) is 9.43. The average molecular weight is 310 g/mol. The number of aromatic nitrogens is 4. The van der Waals surface area contributed by atoms with Crippen molar-refractivity contribution >= 4 is 17.0 Å². The fraction of sp³-hybridized carbons (Fsp3) is 0.250. The number of anilines is 1. The van der Waals surface area contributed by atoms with Crippen molar-refractivity contribution < 1.29 is 4.74 Å². The largest absolute Gasteiger partial charge is 0.497 e. The molecule has 2 aromatic heterocycles. The second-order valence-electron chi connectivity index (χ2n) is 5.23. The third-order valence-corrected chi connectivity index (χ3v) is 3.51. The number of ether oxygens (including phenoxy) is 1. The molecule has 1 aromatic carbocycles. The summed E-state index contributed by atoms with van der Waals surface area (Å²) in [6.45, 7) is 5.77. The van der Waals surface area contributed by atoms with Crippen LogP contribution in [-0.2, 0) is 0 Å². The molecule has 7 nitrogen and oxygen atoms in total. The molecule has 0 radical (unpaired) electrons. The number of benzene rings is 1. The molecule has 0 aliphatic carbocycles. The van der Waals surface area contributed by atoms with E-state index in [0.717, 1.165) is 34.2 Å². The molecule has 0 fully saturated rings. The molecular formula is C16H18N6O. The van der Waals surface area contributed by atoms with Crippen molar-refractivity contribution in [1.82, 2.24) is 19.8 Å². The average Bonchev–Trinajstić information content (AvgIpc) is 2.95. The predicted molar refractivity (Wildman–Crippen MR) is 89.1 cm³/mol. The first-order valence-electron chi connectivity index (χ1n) is 7.23. The van der Waals surface area contributed by atoms with Crippen LogP contribution >= 0.6 is 0 Å². The van der Waals surface area contributed by atoms with Crippen LogP contribution in [0.1, 0.15) is 24.0 Å². The Labute approximate surface area is 134 Å². The van der Waals surface area contributed by atoms with Crippen LogP contribution in [0.5, 0.6) is 5.75 Å². The van der Waals surface area contributed by atoms with E-state index in [9.17, 15) is 0 Å². The van der Waals surface area contributed by atoms with Gasteiger partial charge in [-0.1, -0.05) is 0 Å². The molecule has 0 bridgehead atoms. The van der Waals surface area contributed by atoms with Gasteiger partial charge < -0.3 is 4.74 Å². The van der Waals surface area contributed by atoms with Crippen LogP contribution in [0.15, 0.2) is 35.4 Å². The van der Waals surface area contributed by atoms with E-state index in [1.54, 1.807) is 11.6 Å². The molecular weight excluding hydrogens is 292 g/mol. The third-order valence-electron chi connectivity index (χ3n) is 3.51.